The quantitative estimate of drug-likeness (QED) is 0.216. The molecule has 0 aromatic heterocycles. The van der Waals surface area contributed by atoms with Crippen LogP contribution in [0.5, 0.6) is 0 Å². The second-order valence-electron chi connectivity index (χ2n) is 11.7. The SMILES string of the molecule is Cc1ccc([C@@H]2C[C@H]3[C@@H](CN2S(=O)(=O)c2ccc(Cl)cc2)C(=O)C[C@@H](c2ccc(Cl)cc2)N3S(=O)(=O)c2ccccc2C)cc1. The average Bonchev–Trinajstić information content (AvgIpc) is 3.01. The third kappa shape index (κ3) is 5.98. The summed E-state index contributed by atoms with van der Waals surface area (Å²) in [4.78, 5) is 14.2. The second kappa shape index (κ2) is 12.3. The smallest absolute Gasteiger partial charge is 0.244 e. The van der Waals surface area contributed by atoms with E-state index in [4.69, 9.17) is 23.2 Å². The minimum atomic E-state index is -4.15. The van der Waals surface area contributed by atoms with Crippen molar-refractivity contribution >= 4 is 49.0 Å². The molecule has 2 heterocycles. The summed E-state index contributed by atoms with van der Waals surface area (Å²) in [6.07, 6.45) is -0.0145. The number of hydrogen-bond acceptors (Lipinski definition) is 5. The number of hydrogen-bond donors (Lipinski definition) is 0. The molecule has 0 aliphatic carbocycles. The molecule has 45 heavy (non-hydrogen) atoms. The number of aryl methyl sites for hydroxylation is 2. The first-order valence-electron chi connectivity index (χ1n) is 14.6. The molecule has 0 amide bonds. The van der Waals surface area contributed by atoms with E-state index in [1.54, 1.807) is 55.5 Å². The Morgan fingerprint density at radius 2 is 1.24 bits per heavy atom. The highest BCUT2D eigenvalue weighted by Gasteiger charge is 2.54. The van der Waals surface area contributed by atoms with E-state index in [1.807, 2.05) is 31.2 Å². The molecule has 2 fully saturated rings. The van der Waals surface area contributed by atoms with E-state index in [2.05, 4.69) is 0 Å². The van der Waals surface area contributed by atoms with Crippen LogP contribution in [0.2, 0.25) is 10.0 Å². The number of nitrogens with zero attached hydrogens (tertiary/aromatic N) is 2. The Morgan fingerprint density at radius 3 is 1.87 bits per heavy atom. The van der Waals surface area contributed by atoms with Crippen molar-refractivity contribution in [2.45, 2.75) is 54.6 Å². The van der Waals surface area contributed by atoms with Crippen molar-refractivity contribution in [3.8, 4) is 0 Å². The maximum Gasteiger partial charge on any atom is 0.244 e. The van der Waals surface area contributed by atoms with Crippen LogP contribution in [-0.4, -0.2) is 43.8 Å². The fraction of sp³-hybridized carbons (Fsp3) is 0.265. The van der Waals surface area contributed by atoms with Crippen molar-refractivity contribution in [1.82, 2.24) is 8.61 Å². The largest absolute Gasteiger partial charge is 0.299 e. The zero-order valence-electron chi connectivity index (χ0n) is 24.7. The molecule has 2 saturated heterocycles. The summed E-state index contributed by atoms with van der Waals surface area (Å²) in [6, 6.07) is 24.8. The predicted molar refractivity (Wildman–Crippen MR) is 175 cm³/mol. The number of ketones is 1. The van der Waals surface area contributed by atoms with Crippen molar-refractivity contribution < 1.29 is 21.6 Å². The lowest BCUT2D eigenvalue weighted by molar-refractivity contribution is -0.132. The van der Waals surface area contributed by atoms with Gasteiger partial charge in [0.1, 0.15) is 5.78 Å². The van der Waals surface area contributed by atoms with E-state index in [1.165, 1.54) is 32.9 Å². The van der Waals surface area contributed by atoms with Gasteiger partial charge < -0.3 is 0 Å². The minimum Gasteiger partial charge on any atom is -0.299 e. The monoisotopic (exact) mass is 682 g/mol. The van der Waals surface area contributed by atoms with E-state index < -0.39 is 44.1 Å². The molecular formula is C34H32Cl2N2O5S2. The first-order valence-corrected chi connectivity index (χ1v) is 18.2. The molecule has 11 heteroatoms. The van der Waals surface area contributed by atoms with E-state index in [0.717, 1.165) is 5.56 Å². The number of benzene rings is 4. The summed E-state index contributed by atoms with van der Waals surface area (Å²) in [5.41, 5.74) is 2.94. The van der Waals surface area contributed by atoms with Gasteiger partial charge in [-0.1, -0.05) is 83.4 Å². The molecule has 0 unspecified atom stereocenters. The Kier molecular flexibility index (Phi) is 8.71. The normalized spacial score (nSPS) is 23.1. The molecule has 234 valence electrons. The van der Waals surface area contributed by atoms with Crippen molar-refractivity contribution in [3.05, 3.63) is 129 Å². The summed E-state index contributed by atoms with van der Waals surface area (Å²) < 4.78 is 60.6. The Hall–Kier alpha value is -3.05. The molecule has 0 N–H and O–H groups in total. The lowest BCUT2D eigenvalue weighted by Crippen LogP contribution is -2.61. The van der Waals surface area contributed by atoms with Crippen LogP contribution in [0.15, 0.2) is 107 Å². The highest BCUT2D eigenvalue weighted by atomic mass is 35.5. The zero-order valence-corrected chi connectivity index (χ0v) is 27.8. The molecule has 2 aliphatic rings. The van der Waals surface area contributed by atoms with Crippen LogP contribution in [0.4, 0.5) is 0 Å². The van der Waals surface area contributed by atoms with Gasteiger partial charge in [0.05, 0.1) is 21.9 Å². The number of sulfonamides is 2. The van der Waals surface area contributed by atoms with Crippen LogP contribution < -0.4 is 0 Å². The van der Waals surface area contributed by atoms with Gasteiger partial charge in [-0.2, -0.15) is 8.61 Å². The van der Waals surface area contributed by atoms with Gasteiger partial charge in [0.15, 0.2) is 0 Å². The van der Waals surface area contributed by atoms with Crippen LogP contribution in [0.1, 0.15) is 47.2 Å². The molecule has 0 saturated carbocycles. The number of Topliss-reactive ketones (excluding diaryl/α,β-unsaturated/α-hetero) is 1. The molecule has 0 bridgehead atoms. The number of carbonyl (C=O) groups excluding carboxylic acids is 1. The molecule has 4 aromatic rings. The molecular weight excluding hydrogens is 651 g/mol. The fourth-order valence-electron chi connectivity index (χ4n) is 6.57. The second-order valence-corrected chi connectivity index (χ2v) is 16.3. The Balaban J connectivity index is 1.52. The molecule has 0 radical (unpaired) electrons. The number of halogens is 2. The predicted octanol–water partition coefficient (Wildman–Crippen LogP) is 7.14. The van der Waals surface area contributed by atoms with E-state index in [9.17, 15) is 21.6 Å². The third-order valence-electron chi connectivity index (χ3n) is 8.88. The van der Waals surface area contributed by atoms with Crippen molar-refractivity contribution in [3.63, 3.8) is 0 Å². The van der Waals surface area contributed by atoms with Crippen LogP contribution in [0.25, 0.3) is 0 Å². The molecule has 2 aliphatic heterocycles. The van der Waals surface area contributed by atoms with Crippen molar-refractivity contribution in [2.75, 3.05) is 6.54 Å². The third-order valence-corrected chi connectivity index (χ3v) is 13.4. The van der Waals surface area contributed by atoms with E-state index in [-0.39, 0.29) is 35.0 Å². The summed E-state index contributed by atoms with van der Waals surface area (Å²) in [5, 5.41) is 0.891. The van der Waals surface area contributed by atoms with Crippen molar-refractivity contribution in [1.29, 1.82) is 0 Å². The highest BCUT2D eigenvalue weighted by Crippen LogP contribution is 2.48. The maximum absolute atomic E-state index is 14.7. The van der Waals surface area contributed by atoms with Crippen LogP contribution in [0, 0.1) is 19.8 Å². The topological polar surface area (TPSA) is 91.8 Å². The molecule has 6 rings (SSSR count). The summed E-state index contributed by atoms with van der Waals surface area (Å²) in [7, 11) is -8.25. The highest BCUT2D eigenvalue weighted by molar-refractivity contribution is 7.89. The number of rotatable bonds is 6. The zero-order chi connectivity index (χ0) is 32.1. The summed E-state index contributed by atoms with van der Waals surface area (Å²) >= 11 is 12.2. The Morgan fingerprint density at radius 1 is 0.689 bits per heavy atom. The van der Waals surface area contributed by atoms with Gasteiger partial charge in [-0.3, -0.25) is 4.79 Å². The fourth-order valence-corrected chi connectivity index (χ4v) is 10.5. The minimum absolute atomic E-state index is 0.0501. The van der Waals surface area contributed by atoms with Gasteiger partial charge in [-0.25, -0.2) is 16.8 Å². The van der Waals surface area contributed by atoms with Gasteiger partial charge in [0.2, 0.25) is 20.0 Å². The maximum atomic E-state index is 14.7. The van der Waals surface area contributed by atoms with Crippen LogP contribution in [-0.2, 0) is 24.8 Å². The number of carbonyl (C=O) groups is 1. The molecule has 0 spiro atoms. The standard InChI is InChI=1S/C34H32Cl2N2O5S2/c1-22-7-9-24(10-8-22)30-19-32-29(21-37(30)44(40,41)28-17-15-27(36)16-18-28)33(39)20-31(25-11-13-26(35)14-12-25)38(32)45(42,43)34-6-4-3-5-23(34)2/h3-18,29-32H,19-21H2,1-2H3/t29-,30+,31+,32+/m1/s1. The number of piperidine rings is 2. The Labute approximate surface area is 274 Å². The number of fused-ring (bicyclic) bond motifs is 1. The van der Waals surface area contributed by atoms with E-state index in [0.29, 0.717) is 26.7 Å². The lowest BCUT2D eigenvalue weighted by Gasteiger charge is -2.51. The lowest BCUT2D eigenvalue weighted by atomic mass is 9.77. The molecule has 7 nitrogen and oxygen atoms in total. The summed E-state index contributed by atoms with van der Waals surface area (Å²) in [5.74, 6) is -1.06. The first kappa shape index (κ1) is 31.9. The van der Waals surface area contributed by atoms with Crippen LogP contribution in [0.3, 0.4) is 0 Å². The van der Waals surface area contributed by atoms with Gasteiger partial charge in [0.25, 0.3) is 0 Å². The van der Waals surface area contributed by atoms with Gasteiger partial charge >= 0.3 is 0 Å². The molecule has 4 aromatic carbocycles. The summed E-state index contributed by atoms with van der Waals surface area (Å²) in [6.45, 7) is 3.52. The first-order chi connectivity index (χ1) is 21.4. The van der Waals surface area contributed by atoms with Gasteiger partial charge in [-0.15, -0.1) is 0 Å². The van der Waals surface area contributed by atoms with Crippen molar-refractivity contribution in [2.24, 2.45) is 5.92 Å². The molecule has 4 atom stereocenters. The van der Waals surface area contributed by atoms with Gasteiger partial charge in [0, 0.05) is 35.0 Å². The average molecular weight is 684 g/mol. The van der Waals surface area contributed by atoms with E-state index >= 15 is 0 Å². The Bertz CT molecular complexity index is 1950. The van der Waals surface area contributed by atoms with Crippen LogP contribution >= 0.6 is 23.2 Å². The van der Waals surface area contributed by atoms with Gasteiger partial charge in [-0.05, 0) is 79.4 Å².